The van der Waals surface area contributed by atoms with E-state index in [0.29, 0.717) is 22.2 Å². The molecule has 1 heterocycles. The second-order valence-electron chi connectivity index (χ2n) is 4.57. The highest BCUT2D eigenvalue weighted by Crippen LogP contribution is 2.18. The average Bonchev–Trinajstić information content (AvgIpc) is 2.44. The number of nitrogens with zero attached hydrogens (tertiary/aromatic N) is 1. The van der Waals surface area contributed by atoms with Gasteiger partial charge in [0.1, 0.15) is 0 Å². The fourth-order valence-corrected chi connectivity index (χ4v) is 1.87. The highest BCUT2D eigenvalue weighted by atomic mass is 35.5. The van der Waals surface area contributed by atoms with Crippen LogP contribution in [0.5, 0.6) is 0 Å². The number of halogens is 4. The zero-order valence-corrected chi connectivity index (χ0v) is 13.4. The zero-order chi connectivity index (χ0) is 14.8. The SMILES string of the molecule is Cc1cc(C(=O)NCC(F)(F)CN)c2ccccc2n1.Cl.Cl. The van der Waals surface area contributed by atoms with Gasteiger partial charge in [0.25, 0.3) is 11.8 Å². The van der Waals surface area contributed by atoms with Crippen LogP contribution in [0.2, 0.25) is 0 Å². The molecule has 0 radical (unpaired) electrons. The number of alkyl halides is 2. The molecule has 2 aromatic rings. The molecule has 0 spiro atoms. The van der Waals surface area contributed by atoms with Crippen LogP contribution in [-0.2, 0) is 0 Å². The molecule has 1 aromatic heterocycles. The molecule has 0 aliphatic carbocycles. The Labute approximate surface area is 139 Å². The van der Waals surface area contributed by atoms with Crippen LogP contribution in [0.1, 0.15) is 16.1 Å². The van der Waals surface area contributed by atoms with Gasteiger partial charge in [-0.25, -0.2) is 8.78 Å². The first-order valence-electron chi connectivity index (χ1n) is 6.15. The number of hydrogen-bond acceptors (Lipinski definition) is 3. The Kier molecular flexibility index (Phi) is 7.66. The lowest BCUT2D eigenvalue weighted by molar-refractivity contribution is 0.0119. The van der Waals surface area contributed by atoms with Gasteiger partial charge in [0, 0.05) is 11.1 Å². The number of aryl methyl sites for hydroxylation is 1. The number of pyridine rings is 1. The lowest BCUT2D eigenvalue weighted by atomic mass is 10.1. The molecule has 0 unspecified atom stereocenters. The van der Waals surface area contributed by atoms with Crippen molar-refractivity contribution in [2.24, 2.45) is 5.73 Å². The van der Waals surface area contributed by atoms with E-state index in [4.69, 9.17) is 5.73 Å². The highest BCUT2D eigenvalue weighted by Gasteiger charge is 2.27. The van der Waals surface area contributed by atoms with Crippen molar-refractivity contribution in [3.8, 4) is 0 Å². The van der Waals surface area contributed by atoms with Gasteiger partial charge in [0.05, 0.1) is 24.2 Å². The Morgan fingerprint density at radius 3 is 2.59 bits per heavy atom. The van der Waals surface area contributed by atoms with Crippen LogP contribution in [0, 0.1) is 6.92 Å². The molecular formula is C14H17Cl2F2N3O. The molecule has 0 aliphatic rings. The third-order valence-corrected chi connectivity index (χ3v) is 2.90. The molecule has 0 atom stereocenters. The lowest BCUT2D eigenvalue weighted by Gasteiger charge is -2.15. The quantitative estimate of drug-likeness (QED) is 0.889. The molecule has 1 aromatic carbocycles. The van der Waals surface area contributed by atoms with Crippen LogP contribution in [0.4, 0.5) is 8.78 Å². The topological polar surface area (TPSA) is 68.0 Å². The number of nitrogens with one attached hydrogen (secondary N) is 1. The summed E-state index contributed by atoms with van der Waals surface area (Å²) < 4.78 is 26.1. The molecule has 0 saturated carbocycles. The Morgan fingerprint density at radius 2 is 1.95 bits per heavy atom. The monoisotopic (exact) mass is 351 g/mol. The van der Waals surface area contributed by atoms with E-state index in [0.717, 1.165) is 0 Å². The van der Waals surface area contributed by atoms with Crippen molar-refractivity contribution < 1.29 is 13.6 Å². The van der Waals surface area contributed by atoms with Gasteiger partial charge >= 0.3 is 0 Å². The standard InChI is InChI=1S/C14H15F2N3O.2ClH/c1-9-6-11(10-4-2-3-5-12(10)19-9)13(20)18-8-14(15,16)7-17;;/h2-6H,7-8,17H2,1H3,(H,18,20);2*1H. The molecule has 0 bridgehead atoms. The summed E-state index contributed by atoms with van der Waals surface area (Å²) in [4.78, 5) is 16.4. The van der Waals surface area contributed by atoms with Crippen LogP contribution in [0.25, 0.3) is 10.9 Å². The van der Waals surface area contributed by atoms with E-state index in [9.17, 15) is 13.6 Å². The van der Waals surface area contributed by atoms with Gasteiger partial charge in [-0.3, -0.25) is 9.78 Å². The minimum atomic E-state index is -3.10. The van der Waals surface area contributed by atoms with E-state index in [1.54, 1.807) is 37.3 Å². The Hall–Kier alpha value is -1.50. The van der Waals surface area contributed by atoms with Gasteiger partial charge < -0.3 is 11.1 Å². The van der Waals surface area contributed by atoms with Gasteiger partial charge in [-0.1, -0.05) is 18.2 Å². The van der Waals surface area contributed by atoms with Crippen molar-refractivity contribution >= 4 is 41.6 Å². The summed E-state index contributed by atoms with van der Waals surface area (Å²) in [6.07, 6.45) is 0. The summed E-state index contributed by atoms with van der Waals surface area (Å²) in [5.41, 5.74) is 6.58. The van der Waals surface area contributed by atoms with Crippen molar-refractivity contribution in [2.75, 3.05) is 13.1 Å². The van der Waals surface area contributed by atoms with E-state index in [1.807, 2.05) is 0 Å². The summed E-state index contributed by atoms with van der Waals surface area (Å²) in [5.74, 6) is -3.66. The maximum Gasteiger partial charge on any atom is 0.277 e. The molecule has 122 valence electrons. The first-order chi connectivity index (χ1) is 9.43. The number of carbonyl (C=O) groups excluding carboxylic acids is 1. The highest BCUT2D eigenvalue weighted by molar-refractivity contribution is 6.06. The van der Waals surface area contributed by atoms with E-state index in [-0.39, 0.29) is 24.8 Å². The number of para-hydroxylation sites is 1. The van der Waals surface area contributed by atoms with Gasteiger partial charge in [0.2, 0.25) is 0 Å². The number of amides is 1. The fourth-order valence-electron chi connectivity index (χ4n) is 1.87. The minimum Gasteiger partial charge on any atom is -0.346 e. The average molecular weight is 352 g/mol. The van der Waals surface area contributed by atoms with Crippen LogP contribution in [0.3, 0.4) is 0 Å². The summed E-state index contributed by atoms with van der Waals surface area (Å²) in [7, 11) is 0. The van der Waals surface area contributed by atoms with Gasteiger partial charge in [-0.05, 0) is 19.1 Å². The predicted octanol–water partition coefficient (Wildman–Crippen LogP) is 2.71. The third kappa shape index (κ3) is 4.76. The maximum absolute atomic E-state index is 13.1. The lowest BCUT2D eigenvalue weighted by Crippen LogP contribution is -2.41. The molecule has 1 amide bonds. The first-order valence-corrected chi connectivity index (χ1v) is 6.15. The molecule has 8 heteroatoms. The van der Waals surface area contributed by atoms with Crippen LogP contribution in [0.15, 0.2) is 30.3 Å². The Balaban J connectivity index is 0.00000220. The van der Waals surface area contributed by atoms with Crippen molar-refractivity contribution in [3.63, 3.8) is 0 Å². The van der Waals surface area contributed by atoms with E-state index >= 15 is 0 Å². The van der Waals surface area contributed by atoms with E-state index in [2.05, 4.69) is 10.3 Å². The minimum absolute atomic E-state index is 0. The summed E-state index contributed by atoms with van der Waals surface area (Å²) >= 11 is 0. The molecule has 3 N–H and O–H groups in total. The summed E-state index contributed by atoms with van der Waals surface area (Å²) in [6.45, 7) is 0.166. The summed E-state index contributed by atoms with van der Waals surface area (Å²) in [6, 6.07) is 8.66. The smallest absolute Gasteiger partial charge is 0.277 e. The molecule has 0 fully saturated rings. The van der Waals surface area contributed by atoms with E-state index < -0.39 is 24.9 Å². The van der Waals surface area contributed by atoms with Crippen molar-refractivity contribution in [3.05, 3.63) is 41.6 Å². The third-order valence-electron chi connectivity index (χ3n) is 2.90. The second-order valence-corrected chi connectivity index (χ2v) is 4.57. The van der Waals surface area contributed by atoms with Crippen molar-refractivity contribution in [2.45, 2.75) is 12.8 Å². The first kappa shape index (κ1) is 20.5. The second kappa shape index (κ2) is 8.22. The number of benzene rings is 1. The molecule has 22 heavy (non-hydrogen) atoms. The maximum atomic E-state index is 13.1. The number of fused-ring (bicyclic) bond motifs is 1. The van der Waals surface area contributed by atoms with Gasteiger partial charge in [-0.15, -0.1) is 24.8 Å². The molecule has 2 rings (SSSR count). The van der Waals surface area contributed by atoms with Crippen molar-refractivity contribution in [1.82, 2.24) is 10.3 Å². The molecule has 0 aliphatic heterocycles. The molecule has 0 saturated heterocycles. The Morgan fingerprint density at radius 1 is 1.32 bits per heavy atom. The van der Waals surface area contributed by atoms with Gasteiger partial charge in [0.15, 0.2) is 0 Å². The van der Waals surface area contributed by atoms with Crippen LogP contribution < -0.4 is 11.1 Å². The molecule has 4 nitrogen and oxygen atoms in total. The van der Waals surface area contributed by atoms with Gasteiger partial charge in [-0.2, -0.15) is 0 Å². The number of carbonyl (C=O) groups is 1. The van der Waals surface area contributed by atoms with Crippen molar-refractivity contribution in [1.29, 1.82) is 0 Å². The predicted molar refractivity (Wildman–Crippen MR) is 87.3 cm³/mol. The van der Waals surface area contributed by atoms with Crippen LogP contribution in [-0.4, -0.2) is 29.9 Å². The number of aromatic nitrogens is 1. The number of nitrogens with two attached hydrogens (primary N) is 1. The normalized spacial score (nSPS) is 10.5. The Bertz CT molecular complexity index is 653. The van der Waals surface area contributed by atoms with Crippen LogP contribution >= 0.6 is 24.8 Å². The van der Waals surface area contributed by atoms with E-state index in [1.165, 1.54) is 0 Å². The number of hydrogen-bond donors (Lipinski definition) is 2. The largest absolute Gasteiger partial charge is 0.346 e. The number of rotatable bonds is 4. The summed E-state index contributed by atoms with van der Waals surface area (Å²) in [5, 5.41) is 2.84. The fraction of sp³-hybridized carbons (Fsp3) is 0.286. The molecular weight excluding hydrogens is 335 g/mol. The zero-order valence-electron chi connectivity index (χ0n) is 11.8.